The molecule has 0 spiro atoms. The first-order valence-corrected chi connectivity index (χ1v) is 8.62. The Labute approximate surface area is 154 Å². The number of halogens is 2. The van der Waals surface area contributed by atoms with Crippen LogP contribution in [0.2, 0.25) is 5.02 Å². The highest BCUT2D eigenvalue weighted by molar-refractivity contribution is 6.31. The number of pyridine rings is 1. The number of esters is 1. The van der Waals surface area contributed by atoms with Crippen LogP contribution in [0.15, 0.2) is 53.5 Å². The summed E-state index contributed by atoms with van der Waals surface area (Å²) in [6.45, 7) is 2.30. The Balaban J connectivity index is 2.12. The SMILES string of the molecule is CCOC(=O)c1cn(CCc2ccccc2)c2cc(Cl)c(F)cc2c1=O. The van der Waals surface area contributed by atoms with Crippen LogP contribution in [0.5, 0.6) is 0 Å². The van der Waals surface area contributed by atoms with Gasteiger partial charge in [0.1, 0.15) is 11.4 Å². The van der Waals surface area contributed by atoms with Crippen LogP contribution in [0, 0.1) is 5.82 Å². The fourth-order valence-electron chi connectivity index (χ4n) is 2.82. The van der Waals surface area contributed by atoms with E-state index in [-0.39, 0.29) is 22.6 Å². The number of aryl methyl sites for hydroxylation is 2. The van der Waals surface area contributed by atoms with Crippen molar-refractivity contribution in [3.8, 4) is 0 Å². The molecular weight excluding hydrogens is 357 g/mol. The van der Waals surface area contributed by atoms with Crippen LogP contribution in [0.4, 0.5) is 4.39 Å². The Morgan fingerprint density at radius 1 is 1.23 bits per heavy atom. The Morgan fingerprint density at radius 3 is 2.65 bits per heavy atom. The molecule has 0 fully saturated rings. The molecule has 0 unspecified atom stereocenters. The highest BCUT2D eigenvalue weighted by atomic mass is 35.5. The molecule has 26 heavy (non-hydrogen) atoms. The van der Waals surface area contributed by atoms with Gasteiger partial charge in [-0.15, -0.1) is 0 Å². The minimum absolute atomic E-state index is 0.0748. The lowest BCUT2D eigenvalue weighted by atomic mass is 10.1. The van der Waals surface area contributed by atoms with Crippen molar-refractivity contribution in [2.45, 2.75) is 19.9 Å². The zero-order chi connectivity index (χ0) is 18.7. The monoisotopic (exact) mass is 373 g/mol. The summed E-state index contributed by atoms with van der Waals surface area (Å²) in [6, 6.07) is 12.3. The van der Waals surface area contributed by atoms with Crippen LogP contribution in [0.25, 0.3) is 10.9 Å². The van der Waals surface area contributed by atoms with Crippen LogP contribution in [-0.2, 0) is 17.7 Å². The molecule has 0 aliphatic heterocycles. The number of carbonyl (C=O) groups excluding carboxylic acids is 1. The van der Waals surface area contributed by atoms with Crippen molar-refractivity contribution < 1.29 is 13.9 Å². The van der Waals surface area contributed by atoms with E-state index < -0.39 is 17.2 Å². The third-order valence-corrected chi connectivity index (χ3v) is 4.39. The molecule has 0 saturated carbocycles. The van der Waals surface area contributed by atoms with Gasteiger partial charge in [-0.25, -0.2) is 9.18 Å². The molecule has 0 saturated heterocycles. The number of hydrogen-bond acceptors (Lipinski definition) is 3. The normalized spacial score (nSPS) is 10.9. The summed E-state index contributed by atoms with van der Waals surface area (Å²) in [6.07, 6.45) is 2.13. The molecule has 2 aromatic carbocycles. The summed E-state index contributed by atoms with van der Waals surface area (Å²) in [7, 11) is 0. The third-order valence-electron chi connectivity index (χ3n) is 4.10. The average Bonchev–Trinajstić information content (AvgIpc) is 2.64. The van der Waals surface area contributed by atoms with Crippen molar-refractivity contribution in [2.75, 3.05) is 6.61 Å². The van der Waals surface area contributed by atoms with Crippen molar-refractivity contribution in [1.29, 1.82) is 0 Å². The largest absolute Gasteiger partial charge is 0.462 e. The number of ether oxygens (including phenoxy) is 1. The topological polar surface area (TPSA) is 48.3 Å². The van der Waals surface area contributed by atoms with Gasteiger partial charge in [0.25, 0.3) is 0 Å². The van der Waals surface area contributed by atoms with E-state index in [4.69, 9.17) is 16.3 Å². The second-order valence-electron chi connectivity index (χ2n) is 5.80. The molecule has 0 bridgehead atoms. The molecule has 3 rings (SSSR count). The molecule has 0 radical (unpaired) electrons. The van der Waals surface area contributed by atoms with Gasteiger partial charge < -0.3 is 9.30 Å². The predicted octanol–water partition coefficient (Wildman–Crippen LogP) is 4.21. The van der Waals surface area contributed by atoms with Crippen LogP contribution in [-0.4, -0.2) is 17.1 Å². The maximum absolute atomic E-state index is 13.9. The van der Waals surface area contributed by atoms with Gasteiger partial charge in [0.05, 0.1) is 17.1 Å². The van der Waals surface area contributed by atoms with E-state index in [1.54, 1.807) is 11.5 Å². The Morgan fingerprint density at radius 2 is 1.96 bits per heavy atom. The van der Waals surface area contributed by atoms with E-state index in [0.717, 1.165) is 11.6 Å². The first-order chi connectivity index (χ1) is 12.5. The molecule has 0 aliphatic rings. The maximum Gasteiger partial charge on any atom is 0.343 e. The first kappa shape index (κ1) is 18.1. The number of rotatable bonds is 5. The first-order valence-electron chi connectivity index (χ1n) is 8.24. The maximum atomic E-state index is 13.9. The zero-order valence-electron chi connectivity index (χ0n) is 14.2. The fourth-order valence-corrected chi connectivity index (χ4v) is 2.98. The Kier molecular flexibility index (Phi) is 5.38. The minimum atomic E-state index is -0.719. The number of aromatic nitrogens is 1. The van der Waals surface area contributed by atoms with Crippen molar-refractivity contribution in [1.82, 2.24) is 4.57 Å². The van der Waals surface area contributed by atoms with Gasteiger partial charge in [-0.05, 0) is 31.0 Å². The predicted molar refractivity (Wildman–Crippen MR) is 99.3 cm³/mol. The van der Waals surface area contributed by atoms with Crippen LogP contribution in [0.3, 0.4) is 0 Å². The van der Waals surface area contributed by atoms with Crippen molar-refractivity contribution >= 4 is 28.5 Å². The molecule has 0 aliphatic carbocycles. The van der Waals surface area contributed by atoms with Gasteiger partial charge in [0, 0.05) is 18.1 Å². The molecule has 1 aromatic heterocycles. The number of benzene rings is 2. The summed E-state index contributed by atoms with van der Waals surface area (Å²) in [5.41, 5.74) is 0.898. The van der Waals surface area contributed by atoms with Gasteiger partial charge in [0.2, 0.25) is 5.43 Å². The lowest BCUT2D eigenvalue weighted by Crippen LogP contribution is -2.21. The van der Waals surface area contributed by atoms with Gasteiger partial charge in [-0.1, -0.05) is 41.9 Å². The molecule has 0 amide bonds. The number of hydrogen-bond donors (Lipinski definition) is 0. The van der Waals surface area contributed by atoms with Gasteiger partial charge in [0.15, 0.2) is 0 Å². The Hall–Kier alpha value is -2.66. The molecule has 4 nitrogen and oxygen atoms in total. The second-order valence-corrected chi connectivity index (χ2v) is 6.21. The van der Waals surface area contributed by atoms with Gasteiger partial charge >= 0.3 is 5.97 Å². The zero-order valence-corrected chi connectivity index (χ0v) is 14.9. The van der Waals surface area contributed by atoms with E-state index in [1.165, 1.54) is 12.3 Å². The van der Waals surface area contributed by atoms with E-state index in [2.05, 4.69) is 0 Å². The summed E-state index contributed by atoms with van der Waals surface area (Å²) < 4.78 is 20.6. The second kappa shape index (κ2) is 7.70. The molecule has 6 heteroatoms. The van der Waals surface area contributed by atoms with Crippen LogP contribution in [0.1, 0.15) is 22.8 Å². The van der Waals surface area contributed by atoms with E-state index >= 15 is 0 Å². The quantitative estimate of drug-likeness (QED) is 0.629. The number of fused-ring (bicyclic) bond motifs is 1. The Bertz CT molecular complexity index is 1010. The van der Waals surface area contributed by atoms with Crippen molar-refractivity contribution in [2.24, 2.45) is 0 Å². The summed E-state index contributed by atoms with van der Waals surface area (Å²) in [5.74, 6) is -1.42. The van der Waals surface area contributed by atoms with Crippen LogP contribution >= 0.6 is 11.6 Å². The van der Waals surface area contributed by atoms with Gasteiger partial charge in [-0.2, -0.15) is 0 Å². The number of carbonyl (C=O) groups is 1. The minimum Gasteiger partial charge on any atom is -0.462 e. The lowest BCUT2D eigenvalue weighted by Gasteiger charge is -2.14. The van der Waals surface area contributed by atoms with E-state index in [0.29, 0.717) is 18.5 Å². The third kappa shape index (κ3) is 3.63. The summed E-state index contributed by atoms with van der Waals surface area (Å²) >= 11 is 5.90. The fraction of sp³-hybridized carbons (Fsp3) is 0.200. The van der Waals surface area contributed by atoms with Crippen LogP contribution < -0.4 is 5.43 Å². The smallest absolute Gasteiger partial charge is 0.343 e. The van der Waals surface area contributed by atoms with Gasteiger partial charge in [-0.3, -0.25) is 4.79 Å². The standard InChI is InChI=1S/C20H17ClFNO3/c1-2-26-20(25)15-12-23(9-8-13-6-4-3-5-7-13)18-11-16(21)17(22)10-14(18)19(15)24/h3-7,10-12H,2,8-9H2,1H3. The van der Waals surface area contributed by atoms with E-state index in [1.807, 2.05) is 30.3 Å². The van der Waals surface area contributed by atoms with Crippen molar-refractivity contribution in [3.05, 3.63) is 80.9 Å². The number of nitrogens with zero attached hydrogens (tertiary/aromatic N) is 1. The molecule has 1 heterocycles. The summed E-state index contributed by atoms with van der Waals surface area (Å²) in [4.78, 5) is 24.7. The average molecular weight is 374 g/mol. The molecular formula is C20H17ClFNO3. The highest BCUT2D eigenvalue weighted by Crippen LogP contribution is 2.22. The van der Waals surface area contributed by atoms with E-state index in [9.17, 15) is 14.0 Å². The molecule has 134 valence electrons. The molecule has 3 aromatic rings. The summed E-state index contributed by atoms with van der Waals surface area (Å²) in [5, 5.41) is 0.0276. The molecule has 0 N–H and O–H groups in total. The lowest BCUT2D eigenvalue weighted by molar-refractivity contribution is 0.0524. The highest BCUT2D eigenvalue weighted by Gasteiger charge is 2.18. The molecule has 0 atom stereocenters. The van der Waals surface area contributed by atoms with Crippen molar-refractivity contribution in [3.63, 3.8) is 0 Å².